The van der Waals surface area contributed by atoms with Crippen molar-refractivity contribution in [1.82, 2.24) is 25.1 Å². The highest BCUT2D eigenvalue weighted by molar-refractivity contribution is 5.66. The maximum Gasteiger partial charge on any atom is 0.222 e. The van der Waals surface area contributed by atoms with E-state index in [0.29, 0.717) is 12.4 Å². The lowest BCUT2D eigenvalue weighted by molar-refractivity contribution is 0.138. The van der Waals surface area contributed by atoms with E-state index in [0.717, 1.165) is 74.1 Å². The summed E-state index contributed by atoms with van der Waals surface area (Å²) in [6, 6.07) is 16.8. The molecule has 0 saturated carbocycles. The average Bonchev–Trinajstić information content (AvgIpc) is 3.22. The van der Waals surface area contributed by atoms with E-state index in [2.05, 4.69) is 80.0 Å². The molecule has 1 saturated heterocycles. The zero-order chi connectivity index (χ0) is 25.5. The van der Waals surface area contributed by atoms with E-state index in [-0.39, 0.29) is 6.04 Å². The first-order chi connectivity index (χ1) is 17.9. The third-order valence-electron chi connectivity index (χ3n) is 7.98. The number of nitrogens with two attached hydrogens (primary N) is 1. The summed E-state index contributed by atoms with van der Waals surface area (Å²) >= 11 is 0. The van der Waals surface area contributed by atoms with Gasteiger partial charge in [0.05, 0.1) is 23.7 Å². The van der Waals surface area contributed by atoms with Crippen molar-refractivity contribution in [3.05, 3.63) is 83.2 Å². The van der Waals surface area contributed by atoms with Gasteiger partial charge < -0.3 is 30.9 Å². The van der Waals surface area contributed by atoms with E-state index < -0.39 is 6.10 Å². The second kappa shape index (κ2) is 9.68. The Morgan fingerprint density at radius 3 is 2.65 bits per heavy atom. The fourth-order valence-electron chi connectivity index (χ4n) is 5.76. The summed E-state index contributed by atoms with van der Waals surface area (Å²) in [5.74, 6) is 2.04. The van der Waals surface area contributed by atoms with E-state index >= 15 is 0 Å². The SMILES string of the molecule is C=C(N[C@@H]1c2ccccc2C[C@@H]1O)N1CCc2ccc(-c3cc(N4CCN(C)CC4)nc(N)n3)cc2C1. The number of anilines is 2. The Bertz CT molecular complexity index is 1320. The molecule has 3 aliphatic rings. The van der Waals surface area contributed by atoms with Crippen LogP contribution in [-0.4, -0.2) is 70.7 Å². The van der Waals surface area contributed by atoms with Crippen LogP contribution in [0.25, 0.3) is 11.3 Å². The molecule has 0 radical (unpaired) electrons. The number of nitrogen functional groups attached to an aromatic ring is 1. The molecule has 4 N–H and O–H groups in total. The minimum Gasteiger partial charge on any atom is -0.390 e. The minimum atomic E-state index is -0.449. The van der Waals surface area contributed by atoms with Crippen LogP contribution in [0.2, 0.25) is 0 Å². The lowest BCUT2D eigenvalue weighted by Gasteiger charge is -2.35. The fraction of sp³-hybridized carbons (Fsp3) is 0.379. The number of aliphatic hydroxyl groups is 1. The molecule has 2 aromatic carbocycles. The van der Waals surface area contributed by atoms with Crippen molar-refractivity contribution in [2.75, 3.05) is 50.4 Å². The normalized spacial score (nSPS) is 21.5. The summed E-state index contributed by atoms with van der Waals surface area (Å²) < 4.78 is 0. The van der Waals surface area contributed by atoms with Crippen molar-refractivity contribution in [3.63, 3.8) is 0 Å². The lowest BCUT2D eigenvalue weighted by Crippen LogP contribution is -2.44. The number of likely N-dealkylation sites (N-methyl/N-ethyl adjacent to an activating group) is 1. The molecular weight excluding hydrogens is 462 g/mol. The standard InChI is InChI=1S/C29H35N7O/c1-19(31-28-24-6-4-3-5-21(24)16-26(28)37)36-10-9-20-7-8-22(15-23(20)18-36)25-17-27(33-29(30)32-25)35-13-11-34(2)12-14-35/h3-8,15,17,26,28,31,37H,1,9-14,16,18H2,2H3,(H2,30,32,33)/t26-,28+/m0/s1. The molecule has 6 rings (SSSR count). The van der Waals surface area contributed by atoms with Gasteiger partial charge in [0.1, 0.15) is 5.82 Å². The Labute approximate surface area is 218 Å². The van der Waals surface area contributed by atoms with Crippen molar-refractivity contribution in [2.24, 2.45) is 0 Å². The molecule has 2 aliphatic heterocycles. The van der Waals surface area contributed by atoms with Crippen molar-refractivity contribution < 1.29 is 5.11 Å². The largest absolute Gasteiger partial charge is 0.390 e. The highest BCUT2D eigenvalue weighted by Gasteiger charge is 2.32. The number of hydrogen-bond acceptors (Lipinski definition) is 8. The van der Waals surface area contributed by atoms with Gasteiger partial charge in [-0.1, -0.05) is 43.0 Å². The van der Waals surface area contributed by atoms with Crippen molar-refractivity contribution in [2.45, 2.75) is 31.5 Å². The van der Waals surface area contributed by atoms with Gasteiger partial charge in [-0.2, -0.15) is 4.98 Å². The number of hydrogen-bond donors (Lipinski definition) is 3. The summed E-state index contributed by atoms with van der Waals surface area (Å²) in [7, 11) is 2.15. The highest BCUT2D eigenvalue weighted by Crippen LogP contribution is 2.33. The van der Waals surface area contributed by atoms with E-state index in [4.69, 9.17) is 5.73 Å². The number of nitrogens with one attached hydrogen (secondary N) is 1. The van der Waals surface area contributed by atoms with Gasteiger partial charge in [0.25, 0.3) is 0 Å². The smallest absolute Gasteiger partial charge is 0.222 e. The molecule has 1 aliphatic carbocycles. The Kier molecular flexibility index (Phi) is 6.22. The molecule has 1 fully saturated rings. The number of benzene rings is 2. The van der Waals surface area contributed by atoms with Crippen molar-refractivity contribution in [3.8, 4) is 11.3 Å². The van der Waals surface area contributed by atoms with Gasteiger partial charge in [0, 0.05) is 57.3 Å². The first-order valence-electron chi connectivity index (χ1n) is 13.1. The molecule has 0 amide bonds. The van der Waals surface area contributed by atoms with E-state index in [1.807, 2.05) is 12.1 Å². The average molecular weight is 498 g/mol. The predicted molar refractivity (Wildman–Crippen MR) is 147 cm³/mol. The van der Waals surface area contributed by atoms with E-state index in [1.165, 1.54) is 16.7 Å². The van der Waals surface area contributed by atoms with Crippen LogP contribution >= 0.6 is 0 Å². The van der Waals surface area contributed by atoms with Crippen LogP contribution in [0.15, 0.2) is 60.9 Å². The topological polar surface area (TPSA) is 93.8 Å². The third-order valence-corrected chi connectivity index (χ3v) is 7.98. The van der Waals surface area contributed by atoms with Crippen molar-refractivity contribution >= 4 is 11.8 Å². The Balaban J connectivity index is 1.20. The number of aliphatic hydroxyl groups excluding tert-OH is 1. The van der Waals surface area contributed by atoms with Crippen LogP contribution in [0.5, 0.6) is 0 Å². The van der Waals surface area contributed by atoms with Crippen LogP contribution in [0.3, 0.4) is 0 Å². The highest BCUT2D eigenvalue weighted by atomic mass is 16.3. The molecule has 37 heavy (non-hydrogen) atoms. The van der Waals surface area contributed by atoms with Crippen LogP contribution < -0.4 is 16.0 Å². The number of rotatable bonds is 5. The molecule has 8 nitrogen and oxygen atoms in total. The molecule has 0 spiro atoms. The quantitative estimate of drug-likeness (QED) is 0.495. The Morgan fingerprint density at radius 2 is 1.81 bits per heavy atom. The Morgan fingerprint density at radius 1 is 1.00 bits per heavy atom. The Hall–Kier alpha value is -3.62. The molecule has 192 valence electrons. The second-order valence-electron chi connectivity index (χ2n) is 10.5. The molecule has 1 aromatic heterocycles. The molecule has 0 unspecified atom stereocenters. The van der Waals surface area contributed by atoms with Crippen molar-refractivity contribution in [1.29, 1.82) is 0 Å². The van der Waals surface area contributed by atoms with Crippen LogP contribution in [0, 0.1) is 0 Å². The number of fused-ring (bicyclic) bond motifs is 2. The van der Waals surface area contributed by atoms with Gasteiger partial charge >= 0.3 is 0 Å². The molecule has 2 atom stereocenters. The van der Waals surface area contributed by atoms with E-state index in [1.54, 1.807) is 0 Å². The van der Waals surface area contributed by atoms with Gasteiger partial charge in [0.15, 0.2) is 0 Å². The van der Waals surface area contributed by atoms with Crippen LogP contribution in [-0.2, 0) is 19.4 Å². The van der Waals surface area contributed by atoms with Gasteiger partial charge in [0.2, 0.25) is 5.95 Å². The summed E-state index contributed by atoms with van der Waals surface area (Å²) in [5, 5.41) is 14.2. The third kappa shape index (κ3) is 4.74. The molecule has 8 heteroatoms. The maximum absolute atomic E-state index is 10.7. The summed E-state index contributed by atoms with van der Waals surface area (Å²) in [4.78, 5) is 16.0. The first kappa shape index (κ1) is 23.8. The summed E-state index contributed by atoms with van der Waals surface area (Å²) in [6.45, 7) is 9.86. The second-order valence-corrected chi connectivity index (χ2v) is 10.5. The zero-order valence-electron chi connectivity index (χ0n) is 21.4. The number of aromatic nitrogens is 2. The molecule has 3 heterocycles. The zero-order valence-corrected chi connectivity index (χ0v) is 21.4. The summed E-state index contributed by atoms with van der Waals surface area (Å²) in [6.07, 6.45) is 1.17. The number of piperazine rings is 1. The molecule has 3 aromatic rings. The number of nitrogens with zero attached hydrogens (tertiary/aromatic N) is 5. The van der Waals surface area contributed by atoms with Gasteiger partial charge in [-0.15, -0.1) is 0 Å². The monoisotopic (exact) mass is 497 g/mol. The minimum absolute atomic E-state index is 0.131. The van der Waals surface area contributed by atoms with Crippen LogP contribution in [0.4, 0.5) is 11.8 Å². The maximum atomic E-state index is 10.7. The van der Waals surface area contributed by atoms with E-state index in [9.17, 15) is 5.11 Å². The van der Waals surface area contributed by atoms with Gasteiger partial charge in [-0.25, -0.2) is 4.98 Å². The molecular formula is C29H35N7O. The van der Waals surface area contributed by atoms with Crippen LogP contribution in [0.1, 0.15) is 28.3 Å². The fourth-order valence-corrected chi connectivity index (χ4v) is 5.76. The first-order valence-corrected chi connectivity index (χ1v) is 13.1. The molecule has 0 bridgehead atoms. The predicted octanol–water partition coefficient (Wildman–Crippen LogP) is 2.55. The summed E-state index contributed by atoms with van der Waals surface area (Å²) in [5.41, 5.74) is 13.0. The van der Waals surface area contributed by atoms with Gasteiger partial charge in [-0.3, -0.25) is 0 Å². The van der Waals surface area contributed by atoms with Gasteiger partial charge in [-0.05, 0) is 41.8 Å². The lowest BCUT2D eigenvalue weighted by atomic mass is 9.96.